The molecule has 2 heterocycles. The molecule has 7 nitrogen and oxygen atoms in total. The Bertz CT molecular complexity index is 1200. The van der Waals surface area contributed by atoms with E-state index in [-0.39, 0.29) is 17.9 Å². The summed E-state index contributed by atoms with van der Waals surface area (Å²) in [7, 11) is -4.07. The summed E-state index contributed by atoms with van der Waals surface area (Å²) in [4.78, 5) is 17.2. The maximum absolute atomic E-state index is 13.2. The Kier molecular flexibility index (Phi) is 5.82. The van der Waals surface area contributed by atoms with Gasteiger partial charge in [0.1, 0.15) is 11.9 Å². The van der Waals surface area contributed by atoms with Gasteiger partial charge in [0.05, 0.1) is 21.2 Å². The van der Waals surface area contributed by atoms with Crippen molar-refractivity contribution in [3.63, 3.8) is 0 Å². The number of aliphatic hydroxyl groups is 1. The van der Waals surface area contributed by atoms with Gasteiger partial charge in [-0.25, -0.2) is 17.8 Å². The molecule has 158 valence electrons. The average molecular weight is 468 g/mol. The third-order valence-corrected chi connectivity index (χ3v) is 8.66. The quantitative estimate of drug-likeness (QED) is 0.560. The first kappa shape index (κ1) is 21.2. The molecule has 1 aliphatic rings. The minimum absolute atomic E-state index is 0.0221. The smallest absolute Gasteiger partial charge is 0.243 e. The first-order valence-electron chi connectivity index (χ1n) is 8.99. The van der Waals surface area contributed by atoms with Gasteiger partial charge in [-0.2, -0.15) is 4.31 Å². The van der Waals surface area contributed by atoms with Crippen molar-refractivity contribution in [3.05, 3.63) is 48.3 Å². The fourth-order valence-corrected chi connectivity index (χ4v) is 6.49. The average Bonchev–Trinajstić information content (AvgIpc) is 3.31. The molecule has 0 aliphatic carbocycles. The van der Waals surface area contributed by atoms with E-state index in [0.29, 0.717) is 5.69 Å². The second kappa shape index (κ2) is 8.23. The number of hydrogen-bond donors (Lipinski definition) is 2. The van der Waals surface area contributed by atoms with Gasteiger partial charge in [0.25, 0.3) is 0 Å². The summed E-state index contributed by atoms with van der Waals surface area (Å²) in [5, 5.41) is 12.8. The molecule has 30 heavy (non-hydrogen) atoms. The van der Waals surface area contributed by atoms with Crippen molar-refractivity contribution in [2.75, 3.05) is 18.1 Å². The summed E-state index contributed by atoms with van der Waals surface area (Å²) in [5.41, 5.74) is 1.34. The SMILES string of the molecule is CSc1nc2ccc(NC(=O)[C@@H]3C[C@H](O)CN3S(=O)(=O)c3ccc(F)cc3)cc2s1. The van der Waals surface area contributed by atoms with E-state index in [0.717, 1.165) is 43.1 Å². The molecule has 0 radical (unpaired) electrons. The summed E-state index contributed by atoms with van der Waals surface area (Å²) in [6.45, 7) is -0.206. The second-order valence-electron chi connectivity index (χ2n) is 6.79. The second-order valence-corrected chi connectivity index (χ2v) is 10.8. The fraction of sp³-hybridized carbons (Fsp3) is 0.263. The zero-order valence-corrected chi connectivity index (χ0v) is 18.2. The van der Waals surface area contributed by atoms with Crippen LogP contribution in [0.5, 0.6) is 0 Å². The van der Waals surface area contributed by atoms with E-state index < -0.39 is 33.9 Å². The van der Waals surface area contributed by atoms with Crippen molar-refractivity contribution in [3.8, 4) is 0 Å². The highest BCUT2D eigenvalue weighted by Crippen LogP contribution is 2.31. The first-order valence-corrected chi connectivity index (χ1v) is 12.5. The van der Waals surface area contributed by atoms with Gasteiger partial charge in [0, 0.05) is 18.7 Å². The van der Waals surface area contributed by atoms with Crippen LogP contribution >= 0.6 is 23.1 Å². The fourth-order valence-electron chi connectivity index (χ4n) is 3.32. The number of nitrogens with one attached hydrogen (secondary N) is 1. The Balaban J connectivity index is 1.58. The number of halogens is 1. The lowest BCUT2D eigenvalue weighted by molar-refractivity contribution is -0.119. The molecule has 0 spiro atoms. The van der Waals surface area contributed by atoms with Crippen molar-refractivity contribution in [1.82, 2.24) is 9.29 Å². The van der Waals surface area contributed by atoms with Crippen LogP contribution in [0.2, 0.25) is 0 Å². The van der Waals surface area contributed by atoms with E-state index in [4.69, 9.17) is 0 Å². The molecule has 0 unspecified atom stereocenters. The number of nitrogens with zero attached hydrogens (tertiary/aromatic N) is 2. The molecular weight excluding hydrogens is 449 g/mol. The molecule has 1 saturated heterocycles. The lowest BCUT2D eigenvalue weighted by Crippen LogP contribution is -2.43. The van der Waals surface area contributed by atoms with Crippen molar-refractivity contribution < 1.29 is 22.7 Å². The van der Waals surface area contributed by atoms with Gasteiger partial charge in [-0.1, -0.05) is 11.8 Å². The number of carbonyl (C=O) groups excluding carboxylic acids is 1. The number of fused-ring (bicyclic) bond motifs is 1. The van der Waals surface area contributed by atoms with E-state index in [1.165, 1.54) is 23.1 Å². The predicted octanol–water partition coefficient (Wildman–Crippen LogP) is 2.92. The largest absolute Gasteiger partial charge is 0.392 e. The lowest BCUT2D eigenvalue weighted by Gasteiger charge is -2.23. The number of hydrogen-bond acceptors (Lipinski definition) is 7. The van der Waals surface area contributed by atoms with Crippen LogP contribution in [0, 0.1) is 5.82 Å². The minimum atomic E-state index is -4.07. The van der Waals surface area contributed by atoms with Crippen LogP contribution in [-0.2, 0) is 14.8 Å². The number of thiazole rings is 1. The molecule has 1 aromatic heterocycles. The van der Waals surface area contributed by atoms with E-state index in [1.54, 1.807) is 18.2 Å². The summed E-state index contributed by atoms with van der Waals surface area (Å²) in [5.74, 6) is -1.10. The molecule has 3 aromatic rings. The highest BCUT2D eigenvalue weighted by Gasteiger charge is 2.43. The molecular formula is C19H18FN3O4S3. The van der Waals surface area contributed by atoms with Gasteiger partial charge in [-0.05, 0) is 48.7 Å². The van der Waals surface area contributed by atoms with Crippen molar-refractivity contribution in [1.29, 1.82) is 0 Å². The molecule has 2 aromatic carbocycles. The summed E-state index contributed by atoms with van der Waals surface area (Å²) >= 11 is 3.03. The van der Waals surface area contributed by atoms with E-state index in [9.17, 15) is 22.7 Å². The van der Waals surface area contributed by atoms with E-state index in [1.807, 2.05) is 6.26 Å². The summed E-state index contributed by atoms with van der Waals surface area (Å²) < 4.78 is 41.9. The highest BCUT2D eigenvalue weighted by atomic mass is 32.2. The highest BCUT2D eigenvalue weighted by molar-refractivity contribution is 8.00. The van der Waals surface area contributed by atoms with Gasteiger partial charge in [0.2, 0.25) is 15.9 Å². The van der Waals surface area contributed by atoms with Crippen LogP contribution in [0.25, 0.3) is 10.2 Å². The number of sulfonamides is 1. The zero-order valence-electron chi connectivity index (χ0n) is 15.8. The molecule has 11 heteroatoms. The van der Waals surface area contributed by atoms with Crippen LogP contribution in [0.1, 0.15) is 6.42 Å². The number of carbonyl (C=O) groups is 1. The molecule has 1 amide bonds. The first-order chi connectivity index (χ1) is 14.3. The van der Waals surface area contributed by atoms with Crippen LogP contribution in [0.3, 0.4) is 0 Å². The minimum Gasteiger partial charge on any atom is -0.392 e. The van der Waals surface area contributed by atoms with Crippen LogP contribution < -0.4 is 5.32 Å². The molecule has 0 bridgehead atoms. The van der Waals surface area contributed by atoms with Gasteiger partial charge in [-0.3, -0.25) is 4.79 Å². The number of aliphatic hydroxyl groups excluding tert-OH is 1. The van der Waals surface area contributed by atoms with Gasteiger partial charge < -0.3 is 10.4 Å². The Labute approximate surface area is 181 Å². The summed E-state index contributed by atoms with van der Waals surface area (Å²) in [6, 6.07) is 8.58. The molecule has 1 fully saturated rings. The maximum atomic E-state index is 13.2. The van der Waals surface area contributed by atoms with Crippen molar-refractivity contribution in [2.45, 2.75) is 27.8 Å². The Morgan fingerprint density at radius 2 is 2.03 bits per heavy atom. The van der Waals surface area contributed by atoms with Crippen LogP contribution in [0.15, 0.2) is 51.7 Å². The molecule has 2 N–H and O–H groups in total. The standard InChI is InChI=1S/C19H18FN3O4S3/c1-28-19-22-15-7-4-12(8-17(15)29-19)21-18(25)16-9-13(24)10-23(16)30(26,27)14-5-2-11(20)3-6-14/h2-8,13,16,24H,9-10H2,1H3,(H,21,25)/t13-,16-/m0/s1. The Morgan fingerprint density at radius 3 is 2.73 bits per heavy atom. The molecule has 4 rings (SSSR count). The monoisotopic (exact) mass is 467 g/mol. The maximum Gasteiger partial charge on any atom is 0.243 e. The van der Waals surface area contributed by atoms with Gasteiger partial charge >= 0.3 is 0 Å². The third kappa shape index (κ3) is 4.08. The van der Waals surface area contributed by atoms with E-state index >= 15 is 0 Å². The lowest BCUT2D eigenvalue weighted by atomic mass is 10.2. The number of thioether (sulfide) groups is 1. The van der Waals surface area contributed by atoms with Crippen LogP contribution in [0.4, 0.5) is 10.1 Å². The predicted molar refractivity (Wildman–Crippen MR) is 115 cm³/mol. The van der Waals surface area contributed by atoms with Gasteiger partial charge in [0.15, 0.2) is 4.34 Å². The van der Waals surface area contributed by atoms with Crippen molar-refractivity contribution in [2.24, 2.45) is 0 Å². The summed E-state index contributed by atoms with van der Waals surface area (Å²) in [6.07, 6.45) is 0.942. The zero-order chi connectivity index (χ0) is 21.5. The number of benzene rings is 2. The Morgan fingerprint density at radius 1 is 1.30 bits per heavy atom. The number of amides is 1. The molecule has 1 aliphatic heterocycles. The third-order valence-electron chi connectivity index (χ3n) is 4.77. The number of rotatable bonds is 5. The Hall–Kier alpha value is -2.05. The van der Waals surface area contributed by atoms with E-state index in [2.05, 4.69) is 10.3 Å². The van der Waals surface area contributed by atoms with Gasteiger partial charge in [-0.15, -0.1) is 11.3 Å². The molecule has 0 saturated carbocycles. The number of anilines is 1. The number of aromatic nitrogens is 1. The van der Waals surface area contributed by atoms with Crippen molar-refractivity contribution >= 4 is 54.9 Å². The van der Waals surface area contributed by atoms with Crippen LogP contribution in [-0.4, -0.2) is 53.7 Å². The molecule has 2 atom stereocenters. The topological polar surface area (TPSA) is 99.6 Å². The normalized spacial score (nSPS) is 20.0. The number of β-amino-alcohol motifs (C(OH)–C–C–N with tert-alkyl or cyclic N) is 1.